The van der Waals surface area contributed by atoms with Crippen LogP contribution in [0.1, 0.15) is 36.8 Å². The van der Waals surface area contributed by atoms with Gasteiger partial charge in [-0.2, -0.15) is 0 Å². The molecule has 2 fully saturated rings. The predicted molar refractivity (Wildman–Crippen MR) is 134 cm³/mol. The second-order valence-electron chi connectivity index (χ2n) is 9.75. The van der Waals surface area contributed by atoms with Crippen molar-refractivity contribution in [1.82, 2.24) is 9.80 Å². The first-order chi connectivity index (χ1) is 16.8. The third-order valence-electron chi connectivity index (χ3n) is 7.34. The Kier molecular flexibility index (Phi) is 12.0. The van der Waals surface area contributed by atoms with Crippen LogP contribution < -0.4 is 61.2 Å². The van der Waals surface area contributed by atoms with Crippen molar-refractivity contribution in [2.45, 2.75) is 51.2 Å². The fraction of sp³-hybridized carbons (Fsp3) is 0.519. The average molecular weight is 562 g/mol. The van der Waals surface area contributed by atoms with Crippen LogP contribution in [0.25, 0.3) is 0 Å². The van der Waals surface area contributed by atoms with Crippen LogP contribution in [0, 0.1) is 18.7 Å². The molecule has 190 valence electrons. The average Bonchev–Trinajstić information content (AvgIpc) is 2.85. The van der Waals surface area contributed by atoms with Gasteiger partial charge in [-0.25, -0.2) is 4.39 Å². The Labute approximate surface area is 265 Å². The van der Waals surface area contributed by atoms with Crippen LogP contribution >= 0.6 is 23.2 Å². The van der Waals surface area contributed by atoms with Gasteiger partial charge >= 0.3 is 51.4 Å². The largest absolute Gasteiger partial charge is 1.00 e. The van der Waals surface area contributed by atoms with Gasteiger partial charge < -0.3 is 19.5 Å². The molecular weight excluding hydrogens is 529 g/mol. The number of halogens is 3. The minimum atomic E-state index is -1.06. The Morgan fingerprint density at radius 2 is 1.69 bits per heavy atom. The van der Waals surface area contributed by atoms with Crippen LogP contribution in [0.3, 0.4) is 0 Å². The molecule has 5 nitrogen and oxygen atoms in total. The molecule has 0 aliphatic carbocycles. The number of nitrogens with zero attached hydrogens (tertiary/aromatic N) is 2. The maximum Gasteiger partial charge on any atom is 1.00 e. The minimum absolute atomic E-state index is 0. The van der Waals surface area contributed by atoms with E-state index in [0.717, 1.165) is 75.3 Å². The molecule has 0 spiro atoms. The van der Waals surface area contributed by atoms with Gasteiger partial charge in [-0.1, -0.05) is 35.3 Å². The number of carbonyl (C=O) groups excluding carboxylic acids is 1. The molecule has 2 aromatic carbocycles. The molecule has 9 heteroatoms. The van der Waals surface area contributed by atoms with Crippen molar-refractivity contribution in [2.75, 3.05) is 32.7 Å². The van der Waals surface area contributed by atoms with Crippen molar-refractivity contribution in [1.29, 1.82) is 0 Å². The zero-order chi connectivity index (χ0) is 24.9. The molecule has 2 aliphatic heterocycles. The monoisotopic (exact) mass is 560 g/mol. The van der Waals surface area contributed by atoms with E-state index in [1.54, 1.807) is 18.2 Å². The van der Waals surface area contributed by atoms with Crippen molar-refractivity contribution < 1.29 is 70.4 Å². The fourth-order valence-corrected chi connectivity index (χ4v) is 5.53. The Morgan fingerprint density at radius 3 is 2.31 bits per heavy atom. The van der Waals surface area contributed by atoms with Gasteiger partial charge in [-0.15, -0.1) is 0 Å². The summed E-state index contributed by atoms with van der Waals surface area (Å²) in [5, 5.41) is 12.9. The number of likely N-dealkylation sites (tertiary alicyclic amines) is 2. The SMILES string of the molecule is Cc1c(OC2CCN(CC3CCN([C@@H](Cc4ccc(F)cc4)C(=O)[O-])CC3)CC2)ccc(Cl)c1Cl.[K+]. The number of ether oxygens (including phenoxy) is 1. The normalized spacial score (nSPS) is 19.0. The Hall–Kier alpha value is -0.224. The summed E-state index contributed by atoms with van der Waals surface area (Å²) in [5.41, 5.74) is 1.69. The zero-order valence-corrected chi connectivity index (χ0v) is 25.7. The van der Waals surface area contributed by atoms with E-state index >= 15 is 0 Å². The molecule has 2 saturated heterocycles. The number of carboxylic acid groups (broad SMARTS) is 1. The summed E-state index contributed by atoms with van der Waals surface area (Å²) in [6, 6.07) is 9.02. The Morgan fingerprint density at radius 1 is 1.06 bits per heavy atom. The van der Waals surface area contributed by atoms with E-state index in [4.69, 9.17) is 27.9 Å². The number of carbonyl (C=O) groups is 1. The molecule has 1 atom stereocenters. The third-order valence-corrected chi connectivity index (χ3v) is 8.24. The number of carboxylic acids is 1. The maximum absolute atomic E-state index is 13.2. The van der Waals surface area contributed by atoms with E-state index < -0.39 is 12.0 Å². The smallest absolute Gasteiger partial charge is 0.548 e. The van der Waals surface area contributed by atoms with Gasteiger partial charge in [0.1, 0.15) is 17.7 Å². The zero-order valence-electron chi connectivity index (χ0n) is 21.0. The van der Waals surface area contributed by atoms with Gasteiger partial charge in [0, 0.05) is 25.2 Å². The van der Waals surface area contributed by atoms with E-state index in [0.29, 0.717) is 22.4 Å². The van der Waals surface area contributed by atoms with Gasteiger partial charge in [0.25, 0.3) is 0 Å². The summed E-state index contributed by atoms with van der Waals surface area (Å²) in [6.07, 6.45) is 4.35. The van der Waals surface area contributed by atoms with Crippen LogP contribution in [0.2, 0.25) is 10.0 Å². The van der Waals surface area contributed by atoms with Gasteiger partial charge in [-0.3, -0.25) is 4.90 Å². The maximum atomic E-state index is 13.2. The van der Waals surface area contributed by atoms with Crippen molar-refractivity contribution in [3.05, 3.63) is 63.4 Å². The molecule has 4 rings (SSSR count). The van der Waals surface area contributed by atoms with Gasteiger partial charge in [-0.05, 0) is 87.9 Å². The Bertz CT molecular complexity index is 1010. The quantitative estimate of drug-likeness (QED) is 0.456. The summed E-state index contributed by atoms with van der Waals surface area (Å²) in [6.45, 7) is 6.40. The molecule has 0 amide bonds. The molecule has 2 aliphatic rings. The molecule has 0 aromatic heterocycles. The van der Waals surface area contributed by atoms with Crippen molar-refractivity contribution in [3.63, 3.8) is 0 Å². The fourth-order valence-electron chi connectivity index (χ4n) is 5.17. The summed E-state index contributed by atoms with van der Waals surface area (Å²) in [4.78, 5) is 16.3. The van der Waals surface area contributed by atoms with E-state index in [-0.39, 0.29) is 63.3 Å². The van der Waals surface area contributed by atoms with E-state index in [2.05, 4.69) is 4.90 Å². The van der Waals surface area contributed by atoms with E-state index in [1.165, 1.54) is 12.1 Å². The molecule has 2 heterocycles. The molecule has 2 aromatic rings. The van der Waals surface area contributed by atoms with E-state index in [1.807, 2.05) is 17.9 Å². The van der Waals surface area contributed by atoms with Crippen molar-refractivity contribution in [2.24, 2.45) is 5.92 Å². The van der Waals surface area contributed by atoms with Crippen molar-refractivity contribution in [3.8, 4) is 5.75 Å². The molecule has 0 radical (unpaired) electrons. The number of aliphatic carboxylic acids is 1. The number of benzene rings is 2. The van der Waals surface area contributed by atoms with Crippen LogP contribution in [0.15, 0.2) is 36.4 Å². The number of hydrogen-bond donors (Lipinski definition) is 0. The third kappa shape index (κ3) is 8.14. The topological polar surface area (TPSA) is 55.8 Å². The summed E-state index contributed by atoms with van der Waals surface area (Å²) < 4.78 is 19.4. The Balaban J connectivity index is 0.00000361. The molecule has 0 N–H and O–H groups in total. The van der Waals surface area contributed by atoms with Crippen molar-refractivity contribution >= 4 is 29.2 Å². The standard InChI is InChI=1S/C27H33Cl2FN2O3.K/c1-18-25(7-6-23(28)26(18)29)35-22-10-12-31(13-11-22)17-20-8-14-32(15-9-20)24(27(33)34)16-19-2-4-21(30)5-3-19;/h2-7,20,22,24H,8-17H2,1H3,(H,33,34);/q;+1/p-1/t24-;/m0./s1. The molecule has 36 heavy (non-hydrogen) atoms. The van der Waals surface area contributed by atoms with Gasteiger partial charge in [0.2, 0.25) is 0 Å². The van der Waals surface area contributed by atoms with Crippen LogP contribution in [-0.4, -0.2) is 60.6 Å². The number of rotatable bonds is 8. The summed E-state index contributed by atoms with van der Waals surface area (Å²) in [7, 11) is 0. The minimum Gasteiger partial charge on any atom is -0.548 e. The second kappa shape index (κ2) is 14.2. The van der Waals surface area contributed by atoms with Gasteiger partial charge in [0.05, 0.1) is 22.1 Å². The first kappa shape index (κ1) is 30.3. The first-order valence-electron chi connectivity index (χ1n) is 12.3. The van der Waals surface area contributed by atoms with Crippen LogP contribution in [-0.2, 0) is 11.2 Å². The molecule has 0 unspecified atom stereocenters. The molecule has 0 bridgehead atoms. The first-order valence-corrected chi connectivity index (χ1v) is 13.1. The molecular formula is C27H32Cl2FKN2O3. The summed E-state index contributed by atoms with van der Waals surface area (Å²) >= 11 is 12.3. The summed E-state index contributed by atoms with van der Waals surface area (Å²) in [5.74, 6) is -0.0331. The second-order valence-corrected chi connectivity index (χ2v) is 10.5. The molecule has 0 saturated carbocycles. The van der Waals surface area contributed by atoms with Crippen LogP contribution in [0.5, 0.6) is 5.75 Å². The number of piperidine rings is 2. The van der Waals surface area contributed by atoms with Crippen LogP contribution in [0.4, 0.5) is 4.39 Å². The van der Waals surface area contributed by atoms with E-state index in [9.17, 15) is 14.3 Å². The number of hydrogen-bond acceptors (Lipinski definition) is 5. The predicted octanol–water partition coefficient (Wildman–Crippen LogP) is 1.36. The van der Waals surface area contributed by atoms with Gasteiger partial charge in [0.15, 0.2) is 0 Å².